The molecule has 0 N–H and O–H groups in total. The van der Waals surface area contributed by atoms with Gasteiger partial charge in [-0.3, -0.25) is 14.9 Å². The fourth-order valence-corrected chi connectivity index (χ4v) is 2.61. The first kappa shape index (κ1) is 14.5. The minimum Gasteiger partial charge on any atom is -0.451 e. The van der Waals surface area contributed by atoms with Crippen LogP contribution in [0.25, 0.3) is 0 Å². The number of thioether (sulfide) groups is 1. The highest BCUT2D eigenvalue weighted by molar-refractivity contribution is 7.98. The average Bonchev–Trinajstić information content (AvgIpc) is 2.83. The van der Waals surface area contributed by atoms with Crippen molar-refractivity contribution in [1.82, 2.24) is 0 Å². The van der Waals surface area contributed by atoms with Gasteiger partial charge in [0.2, 0.25) is 0 Å². The van der Waals surface area contributed by atoms with Crippen LogP contribution in [-0.4, -0.2) is 29.0 Å². The van der Waals surface area contributed by atoms with Crippen LogP contribution in [0, 0.1) is 10.1 Å². The van der Waals surface area contributed by atoms with Crippen molar-refractivity contribution >= 4 is 29.2 Å². The molecule has 1 atom stereocenters. The van der Waals surface area contributed by atoms with Gasteiger partial charge in [-0.2, -0.15) is 0 Å². The van der Waals surface area contributed by atoms with E-state index >= 15 is 0 Å². The van der Waals surface area contributed by atoms with E-state index in [9.17, 15) is 19.7 Å². The second kappa shape index (κ2) is 6.04. The molecule has 1 aromatic rings. The lowest BCUT2D eigenvalue weighted by atomic mass is 10.2. The number of nitro benzene ring substituents is 1. The zero-order valence-corrected chi connectivity index (χ0v) is 11.6. The van der Waals surface area contributed by atoms with E-state index in [1.807, 2.05) is 0 Å². The number of nitro groups is 1. The predicted molar refractivity (Wildman–Crippen MR) is 72.9 cm³/mol. The second-order valence-corrected chi connectivity index (χ2v) is 5.24. The van der Waals surface area contributed by atoms with Gasteiger partial charge in [-0.25, -0.2) is 4.79 Å². The second-order valence-electron chi connectivity index (χ2n) is 4.40. The Bertz CT molecular complexity index is 572. The van der Waals surface area contributed by atoms with Crippen molar-refractivity contribution in [3.63, 3.8) is 0 Å². The third-order valence-corrected chi connectivity index (χ3v) is 3.89. The Morgan fingerprint density at radius 3 is 2.80 bits per heavy atom. The van der Waals surface area contributed by atoms with Crippen molar-refractivity contribution in [2.24, 2.45) is 0 Å². The first-order valence-corrected chi connectivity index (χ1v) is 7.31. The molecule has 106 valence electrons. The van der Waals surface area contributed by atoms with Crippen LogP contribution in [0.2, 0.25) is 0 Å². The fourth-order valence-electron chi connectivity index (χ4n) is 2.07. The summed E-state index contributed by atoms with van der Waals surface area (Å²) >= 11 is 1.23. The number of hydrogen-bond acceptors (Lipinski definition) is 6. The monoisotopic (exact) mass is 295 g/mol. The molecule has 0 saturated heterocycles. The van der Waals surface area contributed by atoms with Crippen molar-refractivity contribution < 1.29 is 19.2 Å². The quantitative estimate of drug-likeness (QED) is 0.367. The molecule has 0 amide bonds. The lowest BCUT2D eigenvalue weighted by molar-refractivity contribution is -0.387. The van der Waals surface area contributed by atoms with Crippen molar-refractivity contribution in [1.29, 1.82) is 0 Å². The lowest BCUT2D eigenvalue weighted by Gasteiger charge is -2.10. The van der Waals surface area contributed by atoms with Gasteiger partial charge in [-0.05, 0) is 31.2 Å². The first-order chi connectivity index (χ1) is 9.52. The Morgan fingerprint density at radius 1 is 1.50 bits per heavy atom. The summed E-state index contributed by atoms with van der Waals surface area (Å²) in [4.78, 5) is 34.2. The maximum Gasteiger partial charge on any atom is 0.339 e. The largest absolute Gasteiger partial charge is 0.451 e. The number of ketones is 1. The molecular formula is C13H13NO5S. The molecule has 1 aliphatic carbocycles. The number of rotatable bonds is 4. The Hall–Kier alpha value is -1.89. The van der Waals surface area contributed by atoms with Gasteiger partial charge in [0.25, 0.3) is 5.69 Å². The number of Topliss-reactive ketones (excluding diaryl/α,β-unsaturated/α-hetero) is 1. The molecule has 1 fully saturated rings. The van der Waals surface area contributed by atoms with E-state index in [0.717, 1.165) is 0 Å². The lowest BCUT2D eigenvalue weighted by Crippen LogP contribution is -2.22. The smallest absolute Gasteiger partial charge is 0.339 e. The Morgan fingerprint density at radius 2 is 2.25 bits per heavy atom. The van der Waals surface area contributed by atoms with Crippen LogP contribution in [0.15, 0.2) is 23.1 Å². The summed E-state index contributed by atoms with van der Waals surface area (Å²) in [7, 11) is 0. The van der Waals surface area contributed by atoms with Crippen molar-refractivity contribution in [2.45, 2.75) is 30.3 Å². The van der Waals surface area contributed by atoms with Crippen LogP contribution in [0.1, 0.15) is 29.6 Å². The standard InChI is InChI=1S/C13H13NO5S/c1-20-12-6-5-8(7-9(12)14(17)18)13(16)19-11-4-2-3-10(11)15/h5-7,11H,2-4H2,1H3/t11-/m1/s1. The number of carbonyl (C=O) groups excluding carboxylic acids is 2. The van der Waals surface area contributed by atoms with Crippen LogP contribution in [0.3, 0.4) is 0 Å². The van der Waals surface area contributed by atoms with Crippen LogP contribution < -0.4 is 0 Å². The Kier molecular flexibility index (Phi) is 4.39. The highest BCUT2D eigenvalue weighted by Gasteiger charge is 2.29. The summed E-state index contributed by atoms with van der Waals surface area (Å²) in [6.07, 6.45) is 2.67. The molecule has 6 nitrogen and oxygen atoms in total. The Balaban J connectivity index is 2.19. The number of nitrogens with zero attached hydrogens (tertiary/aromatic N) is 1. The highest BCUT2D eigenvalue weighted by Crippen LogP contribution is 2.29. The van der Waals surface area contributed by atoms with Crippen molar-refractivity contribution in [3.8, 4) is 0 Å². The molecule has 0 aromatic heterocycles. The summed E-state index contributed by atoms with van der Waals surface area (Å²) in [5.41, 5.74) is -0.0427. The van der Waals surface area contributed by atoms with Crippen LogP contribution in [-0.2, 0) is 9.53 Å². The summed E-state index contributed by atoms with van der Waals surface area (Å²) in [5.74, 6) is -0.783. The number of carbonyl (C=O) groups is 2. The van der Waals surface area contributed by atoms with Gasteiger partial charge >= 0.3 is 5.97 Å². The van der Waals surface area contributed by atoms with E-state index in [1.165, 1.54) is 30.0 Å². The summed E-state index contributed by atoms with van der Waals surface area (Å²) in [6, 6.07) is 4.17. The maximum atomic E-state index is 11.9. The van der Waals surface area contributed by atoms with Crippen LogP contribution in [0.5, 0.6) is 0 Å². The fraction of sp³-hybridized carbons (Fsp3) is 0.385. The summed E-state index contributed by atoms with van der Waals surface area (Å²) in [6.45, 7) is 0. The molecule has 0 unspecified atom stereocenters. The molecule has 0 spiro atoms. The number of esters is 1. The molecule has 0 bridgehead atoms. The van der Waals surface area contributed by atoms with Crippen molar-refractivity contribution in [3.05, 3.63) is 33.9 Å². The maximum absolute atomic E-state index is 11.9. The molecule has 1 saturated carbocycles. The third-order valence-electron chi connectivity index (χ3n) is 3.11. The summed E-state index contributed by atoms with van der Waals surface area (Å²) < 4.78 is 5.10. The molecule has 0 aliphatic heterocycles. The molecule has 20 heavy (non-hydrogen) atoms. The zero-order valence-electron chi connectivity index (χ0n) is 10.8. The molecule has 1 aliphatic rings. The van der Waals surface area contributed by atoms with E-state index in [4.69, 9.17) is 4.74 Å². The van der Waals surface area contributed by atoms with E-state index in [1.54, 1.807) is 6.26 Å². The highest BCUT2D eigenvalue weighted by atomic mass is 32.2. The molecule has 0 radical (unpaired) electrons. The molecule has 2 rings (SSSR count). The number of benzene rings is 1. The normalized spacial score (nSPS) is 18.1. The van der Waals surface area contributed by atoms with Crippen LogP contribution >= 0.6 is 11.8 Å². The zero-order chi connectivity index (χ0) is 14.7. The van der Waals surface area contributed by atoms with E-state index < -0.39 is 17.0 Å². The van der Waals surface area contributed by atoms with E-state index in [2.05, 4.69) is 0 Å². The van der Waals surface area contributed by atoms with Crippen LogP contribution in [0.4, 0.5) is 5.69 Å². The Labute approximate surface area is 119 Å². The van der Waals surface area contributed by atoms with Gasteiger partial charge in [0, 0.05) is 12.5 Å². The molecule has 7 heteroatoms. The summed E-state index contributed by atoms with van der Waals surface area (Å²) in [5, 5.41) is 10.9. The minimum atomic E-state index is -0.707. The van der Waals surface area contributed by atoms with Gasteiger partial charge < -0.3 is 4.74 Å². The van der Waals surface area contributed by atoms with Gasteiger partial charge in [0.1, 0.15) is 0 Å². The van der Waals surface area contributed by atoms with Gasteiger partial charge in [0.05, 0.1) is 15.4 Å². The van der Waals surface area contributed by atoms with E-state index in [0.29, 0.717) is 24.2 Å². The van der Waals surface area contributed by atoms with Gasteiger partial charge in [0.15, 0.2) is 11.9 Å². The van der Waals surface area contributed by atoms with Gasteiger partial charge in [-0.1, -0.05) is 0 Å². The van der Waals surface area contributed by atoms with Crippen molar-refractivity contribution in [2.75, 3.05) is 6.26 Å². The first-order valence-electron chi connectivity index (χ1n) is 6.09. The number of ether oxygens (including phenoxy) is 1. The topological polar surface area (TPSA) is 86.5 Å². The van der Waals surface area contributed by atoms with Gasteiger partial charge in [-0.15, -0.1) is 11.8 Å². The van der Waals surface area contributed by atoms with E-state index in [-0.39, 0.29) is 17.0 Å². The SMILES string of the molecule is CSc1ccc(C(=O)O[C@@H]2CCCC2=O)cc1[N+](=O)[O-]. The number of hydrogen-bond donors (Lipinski definition) is 0. The average molecular weight is 295 g/mol. The predicted octanol–water partition coefficient (Wildman–Crippen LogP) is 2.60. The molecule has 0 heterocycles. The molecular weight excluding hydrogens is 282 g/mol. The minimum absolute atomic E-state index is 0.0893. The third kappa shape index (κ3) is 2.98. The molecule has 1 aromatic carbocycles.